The summed E-state index contributed by atoms with van der Waals surface area (Å²) in [6.07, 6.45) is 0. The zero-order chi connectivity index (χ0) is 12.1. The Morgan fingerprint density at radius 2 is 1.88 bits per heavy atom. The lowest BCUT2D eigenvalue weighted by Gasteiger charge is -2.08. The quantitative estimate of drug-likeness (QED) is 0.789. The zero-order valence-corrected chi connectivity index (χ0v) is 12.2. The first-order valence-electron chi connectivity index (χ1n) is 5.30. The highest BCUT2D eigenvalue weighted by molar-refractivity contribution is 9.23. The Labute approximate surface area is 116 Å². The van der Waals surface area contributed by atoms with Crippen molar-refractivity contribution in [3.8, 4) is 5.75 Å². The number of halogens is 2. The van der Waals surface area contributed by atoms with Gasteiger partial charge in [-0.3, -0.25) is 12.9 Å². The highest BCUT2D eigenvalue weighted by atomic mass is 79.9. The minimum absolute atomic E-state index is 0.238. The van der Waals surface area contributed by atoms with Gasteiger partial charge in [0.1, 0.15) is 18.2 Å². The Morgan fingerprint density at radius 1 is 1.12 bits per heavy atom. The monoisotopic (exact) mass is 304 g/mol. The maximum atomic E-state index is 13.3. The van der Waals surface area contributed by atoms with Crippen LogP contribution in [0.4, 0.5) is 4.39 Å². The van der Waals surface area contributed by atoms with Crippen molar-refractivity contribution >= 4 is 34.8 Å². The average molecular weight is 305 g/mol. The fraction of sp³-hybridized carbons (Fsp3) is 0.0769. The molecule has 0 heterocycles. The number of hydrogen-bond donors (Lipinski definition) is 0. The zero-order valence-electron chi connectivity index (χ0n) is 9.20. The highest BCUT2D eigenvalue weighted by Crippen LogP contribution is 2.13. The summed E-state index contributed by atoms with van der Waals surface area (Å²) in [6.45, 7) is 0.466. The van der Waals surface area contributed by atoms with Gasteiger partial charge >= 0.3 is 18.2 Å². The van der Waals surface area contributed by atoms with Crippen molar-refractivity contribution < 1.29 is 9.13 Å². The second-order valence-corrected chi connectivity index (χ2v) is 6.47. The Kier molecular flexibility index (Phi) is 4.82. The van der Waals surface area contributed by atoms with Crippen LogP contribution in [0.15, 0.2) is 48.5 Å². The SMILES string of the molecule is Fc1cc(OCc2ccccc2)c[c]([Mg][Br])c1. The summed E-state index contributed by atoms with van der Waals surface area (Å²) in [5.41, 5.74) is 1.08. The van der Waals surface area contributed by atoms with Gasteiger partial charge in [-0.05, 0) is 11.6 Å². The van der Waals surface area contributed by atoms with E-state index < -0.39 is 18.2 Å². The van der Waals surface area contributed by atoms with Gasteiger partial charge in [0.15, 0.2) is 0 Å². The number of benzene rings is 2. The fourth-order valence-corrected chi connectivity index (χ4v) is 3.04. The second kappa shape index (κ2) is 6.38. The molecule has 1 nitrogen and oxygen atoms in total. The molecule has 0 fully saturated rings. The van der Waals surface area contributed by atoms with Crippen LogP contribution in [0.25, 0.3) is 0 Å². The fourth-order valence-electron chi connectivity index (χ4n) is 1.52. The summed E-state index contributed by atoms with van der Waals surface area (Å²) in [5.74, 6) is 0.355. The van der Waals surface area contributed by atoms with Crippen LogP contribution in [0, 0.1) is 5.82 Å². The molecule has 0 aliphatic carbocycles. The van der Waals surface area contributed by atoms with Crippen LogP contribution >= 0.6 is 12.9 Å². The standard InChI is InChI=1S/C13H10FO.BrH.Mg/c14-12-7-4-8-13(9-12)15-10-11-5-2-1-3-6-11;;/h1-3,5-9H,10H2;1H;/q;;+1/p-1. The molecule has 0 bridgehead atoms. The molecule has 0 unspecified atom stereocenters. The van der Waals surface area contributed by atoms with E-state index in [1.807, 2.05) is 36.4 Å². The van der Waals surface area contributed by atoms with E-state index in [4.69, 9.17) is 4.74 Å². The van der Waals surface area contributed by atoms with Gasteiger partial charge < -0.3 is 4.74 Å². The van der Waals surface area contributed by atoms with Gasteiger partial charge in [-0.2, -0.15) is 0 Å². The lowest BCUT2D eigenvalue weighted by molar-refractivity contribution is 0.305. The minimum Gasteiger partial charge on any atom is -0.489 e. The molecule has 0 saturated carbocycles. The van der Waals surface area contributed by atoms with Crippen LogP contribution < -0.4 is 8.43 Å². The van der Waals surface area contributed by atoms with Gasteiger partial charge in [-0.25, -0.2) is 4.39 Å². The van der Waals surface area contributed by atoms with E-state index in [2.05, 4.69) is 12.9 Å². The van der Waals surface area contributed by atoms with Crippen LogP contribution in [-0.2, 0) is 6.61 Å². The second-order valence-electron chi connectivity index (χ2n) is 3.70. The lowest BCUT2D eigenvalue weighted by Crippen LogP contribution is -2.09. The Balaban J connectivity index is 2.06. The van der Waals surface area contributed by atoms with Crippen molar-refractivity contribution in [3.05, 3.63) is 59.9 Å². The van der Waals surface area contributed by atoms with E-state index in [0.29, 0.717) is 12.4 Å². The molecule has 0 aliphatic heterocycles. The van der Waals surface area contributed by atoms with E-state index >= 15 is 0 Å². The molecule has 0 saturated heterocycles. The predicted octanol–water partition coefficient (Wildman–Crippen LogP) is 3.04. The third-order valence-corrected chi connectivity index (χ3v) is 4.99. The summed E-state index contributed by atoms with van der Waals surface area (Å²) in [4.78, 5) is 0. The van der Waals surface area contributed by atoms with Crippen LogP contribution in [0.1, 0.15) is 5.56 Å². The Morgan fingerprint density at radius 3 is 2.59 bits per heavy atom. The maximum Gasteiger partial charge on any atom is 0.507 e. The molecule has 17 heavy (non-hydrogen) atoms. The first-order chi connectivity index (χ1) is 8.28. The molecular formula is C13H10BrFMgO. The average Bonchev–Trinajstić information content (AvgIpc) is 2.37. The molecule has 0 amide bonds. The molecule has 2 aromatic carbocycles. The first kappa shape index (κ1) is 12.9. The Bertz CT molecular complexity index is 490. The molecule has 2 aromatic rings. The van der Waals surface area contributed by atoms with Crippen molar-refractivity contribution in [2.75, 3.05) is 0 Å². The summed E-state index contributed by atoms with van der Waals surface area (Å²) in [5, 5.41) is 0. The van der Waals surface area contributed by atoms with Crippen LogP contribution in [0.2, 0.25) is 0 Å². The van der Waals surface area contributed by atoms with Crippen molar-refractivity contribution in [3.63, 3.8) is 0 Å². The predicted molar refractivity (Wildman–Crippen MR) is 71.5 cm³/mol. The van der Waals surface area contributed by atoms with Gasteiger partial charge in [0.25, 0.3) is 0 Å². The first-order valence-corrected chi connectivity index (χ1v) is 9.90. The molecule has 0 aromatic heterocycles. The van der Waals surface area contributed by atoms with Gasteiger partial charge in [-0.15, -0.1) is 3.69 Å². The van der Waals surface area contributed by atoms with Crippen LogP contribution in [-0.4, -0.2) is 18.2 Å². The van der Waals surface area contributed by atoms with E-state index in [1.54, 1.807) is 6.07 Å². The van der Waals surface area contributed by atoms with E-state index in [9.17, 15) is 4.39 Å². The van der Waals surface area contributed by atoms with Crippen molar-refractivity contribution in [1.29, 1.82) is 0 Å². The van der Waals surface area contributed by atoms with Gasteiger partial charge in [0, 0.05) is 6.07 Å². The molecule has 2 rings (SSSR count). The molecule has 0 aliphatic rings. The summed E-state index contributed by atoms with van der Waals surface area (Å²) < 4.78 is 19.8. The van der Waals surface area contributed by atoms with Crippen molar-refractivity contribution in [1.82, 2.24) is 0 Å². The minimum atomic E-state index is -0.539. The molecule has 0 spiro atoms. The van der Waals surface area contributed by atoms with Crippen molar-refractivity contribution in [2.45, 2.75) is 6.61 Å². The van der Waals surface area contributed by atoms with E-state index in [-0.39, 0.29) is 5.82 Å². The highest BCUT2D eigenvalue weighted by Gasteiger charge is 2.03. The van der Waals surface area contributed by atoms with Gasteiger partial charge in [0.2, 0.25) is 0 Å². The smallest absolute Gasteiger partial charge is 0.489 e. The molecule has 84 valence electrons. The summed E-state index contributed by atoms with van der Waals surface area (Å²) >= 11 is 2.90. The topological polar surface area (TPSA) is 9.23 Å². The van der Waals surface area contributed by atoms with Crippen LogP contribution in [0.5, 0.6) is 5.75 Å². The number of hydrogen-bond acceptors (Lipinski definition) is 1. The maximum absolute atomic E-state index is 13.3. The number of ether oxygens (including phenoxy) is 1. The van der Waals surface area contributed by atoms with Gasteiger partial charge in [-0.1, -0.05) is 36.4 Å². The van der Waals surface area contributed by atoms with E-state index in [1.165, 1.54) is 6.07 Å². The molecule has 4 heteroatoms. The Hall–Kier alpha value is -0.584. The van der Waals surface area contributed by atoms with Gasteiger partial charge in [0.05, 0.1) is 0 Å². The summed E-state index contributed by atoms with van der Waals surface area (Å²) in [6, 6.07) is 14.7. The molecular weight excluding hydrogens is 295 g/mol. The molecule has 0 N–H and O–H groups in total. The third-order valence-electron chi connectivity index (χ3n) is 2.33. The largest absolute Gasteiger partial charge is 0.507 e. The van der Waals surface area contributed by atoms with Crippen molar-refractivity contribution in [2.24, 2.45) is 0 Å². The third kappa shape index (κ3) is 3.98. The molecule has 0 atom stereocenters. The summed E-state index contributed by atoms with van der Waals surface area (Å²) in [7, 11) is 0. The lowest BCUT2D eigenvalue weighted by atomic mass is 10.2. The number of rotatable bonds is 4. The normalized spacial score (nSPS) is 9.76. The molecule has 0 radical (unpaired) electrons. The van der Waals surface area contributed by atoms with Crippen LogP contribution in [0.3, 0.4) is 0 Å². The van der Waals surface area contributed by atoms with E-state index in [0.717, 1.165) is 9.26 Å².